The van der Waals surface area contributed by atoms with Gasteiger partial charge in [-0.05, 0) is 31.0 Å². The molecule has 1 aromatic rings. The summed E-state index contributed by atoms with van der Waals surface area (Å²) in [5.74, 6) is 0.0829. The van der Waals surface area contributed by atoms with Gasteiger partial charge in [-0.1, -0.05) is 12.2 Å². The van der Waals surface area contributed by atoms with E-state index in [-0.39, 0.29) is 11.9 Å². The molecule has 150 valence electrons. The predicted octanol–water partition coefficient (Wildman–Crippen LogP) is 1.76. The fraction of sp³-hybridized carbons (Fsp3) is 0.526. The largest absolute Gasteiger partial charge is 0.442 e. The number of anilines is 2. The predicted molar refractivity (Wildman–Crippen MR) is 107 cm³/mol. The van der Waals surface area contributed by atoms with Crippen molar-refractivity contribution in [1.82, 2.24) is 10.2 Å². The molecule has 1 aromatic carbocycles. The van der Waals surface area contributed by atoms with Crippen molar-refractivity contribution in [3.05, 3.63) is 24.0 Å². The molecule has 3 fully saturated rings. The lowest BCUT2D eigenvalue weighted by Gasteiger charge is -2.34. The van der Waals surface area contributed by atoms with Crippen molar-refractivity contribution in [2.75, 3.05) is 49.1 Å². The van der Waals surface area contributed by atoms with Crippen LogP contribution in [-0.2, 0) is 9.53 Å². The normalized spacial score (nSPS) is 22.2. The van der Waals surface area contributed by atoms with Crippen molar-refractivity contribution in [3.8, 4) is 0 Å². The first-order valence-electron chi connectivity index (χ1n) is 9.55. The SMILES string of the molecule is O=CN1CCN(c2ccc(N3C[C@H](CNC(=S)C4CC4)OC3=O)cc2F)CC1. The summed E-state index contributed by atoms with van der Waals surface area (Å²) in [5.41, 5.74) is 0.958. The topological polar surface area (TPSA) is 65.1 Å². The van der Waals surface area contributed by atoms with Gasteiger partial charge in [0.25, 0.3) is 0 Å². The van der Waals surface area contributed by atoms with Crippen LogP contribution in [-0.4, -0.2) is 67.8 Å². The fourth-order valence-corrected chi connectivity index (χ4v) is 3.85. The zero-order valence-corrected chi connectivity index (χ0v) is 16.3. The number of halogens is 1. The molecule has 0 bridgehead atoms. The second-order valence-electron chi connectivity index (χ2n) is 7.40. The number of hydrogen-bond acceptors (Lipinski definition) is 5. The van der Waals surface area contributed by atoms with Crippen LogP contribution in [0, 0.1) is 11.7 Å². The van der Waals surface area contributed by atoms with E-state index in [1.807, 2.05) is 4.90 Å². The van der Waals surface area contributed by atoms with Gasteiger partial charge in [-0.2, -0.15) is 0 Å². The Morgan fingerprint density at radius 2 is 2.04 bits per heavy atom. The Morgan fingerprint density at radius 3 is 2.68 bits per heavy atom. The maximum atomic E-state index is 14.7. The number of rotatable bonds is 6. The average molecular weight is 406 g/mol. The molecule has 9 heteroatoms. The third-order valence-electron chi connectivity index (χ3n) is 5.37. The first-order chi connectivity index (χ1) is 13.5. The van der Waals surface area contributed by atoms with Gasteiger partial charge < -0.3 is 19.9 Å². The average Bonchev–Trinajstić information content (AvgIpc) is 3.49. The number of benzene rings is 1. The van der Waals surface area contributed by atoms with E-state index >= 15 is 0 Å². The van der Waals surface area contributed by atoms with Gasteiger partial charge in [-0.3, -0.25) is 9.69 Å². The molecule has 0 aromatic heterocycles. The zero-order valence-electron chi connectivity index (χ0n) is 15.5. The number of nitrogens with zero attached hydrogens (tertiary/aromatic N) is 3. The first kappa shape index (κ1) is 18.9. The molecule has 2 aliphatic heterocycles. The first-order valence-corrected chi connectivity index (χ1v) is 9.95. The summed E-state index contributed by atoms with van der Waals surface area (Å²) < 4.78 is 20.1. The molecule has 28 heavy (non-hydrogen) atoms. The van der Waals surface area contributed by atoms with Crippen molar-refractivity contribution < 1.29 is 18.7 Å². The van der Waals surface area contributed by atoms with Crippen molar-refractivity contribution in [1.29, 1.82) is 0 Å². The van der Waals surface area contributed by atoms with Crippen LogP contribution < -0.4 is 15.1 Å². The molecular weight excluding hydrogens is 383 g/mol. The Balaban J connectivity index is 1.37. The molecule has 1 saturated carbocycles. The fourth-order valence-electron chi connectivity index (χ4n) is 3.53. The second kappa shape index (κ2) is 7.90. The third-order valence-corrected chi connectivity index (χ3v) is 5.85. The number of amides is 2. The van der Waals surface area contributed by atoms with E-state index in [1.54, 1.807) is 17.0 Å². The van der Waals surface area contributed by atoms with Crippen LogP contribution in [0.5, 0.6) is 0 Å². The van der Waals surface area contributed by atoms with Crippen LogP contribution in [0.4, 0.5) is 20.6 Å². The lowest BCUT2D eigenvalue weighted by molar-refractivity contribution is -0.118. The van der Waals surface area contributed by atoms with Gasteiger partial charge in [-0.25, -0.2) is 9.18 Å². The summed E-state index contributed by atoms with van der Waals surface area (Å²) in [7, 11) is 0. The number of carbonyl (C=O) groups excluding carboxylic acids is 2. The Bertz CT molecular complexity index is 780. The van der Waals surface area contributed by atoms with Gasteiger partial charge >= 0.3 is 6.09 Å². The number of nitrogens with one attached hydrogen (secondary N) is 1. The van der Waals surface area contributed by atoms with Gasteiger partial charge in [0.2, 0.25) is 6.41 Å². The molecule has 2 amide bonds. The van der Waals surface area contributed by atoms with Gasteiger partial charge in [0, 0.05) is 32.1 Å². The highest BCUT2D eigenvalue weighted by molar-refractivity contribution is 7.80. The maximum absolute atomic E-state index is 14.7. The summed E-state index contributed by atoms with van der Waals surface area (Å²) in [6.07, 6.45) is 2.27. The van der Waals surface area contributed by atoms with Crippen molar-refractivity contribution in [2.24, 2.45) is 5.92 Å². The highest BCUT2D eigenvalue weighted by Gasteiger charge is 2.34. The summed E-state index contributed by atoms with van der Waals surface area (Å²) >= 11 is 5.29. The minimum Gasteiger partial charge on any atom is -0.442 e. The van der Waals surface area contributed by atoms with E-state index in [0.29, 0.717) is 56.6 Å². The Hall–Kier alpha value is -2.42. The molecule has 0 unspecified atom stereocenters. The Labute approximate surface area is 168 Å². The number of carbonyl (C=O) groups is 2. The van der Waals surface area contributed by atoms with Crippen molar-refractivity contribution in [2.45, 2.75) is 18.9 Å². The van der Waals surface area contributed by atoms with E-state index in [9.17, 15) is 14.0 Å². The van der Waals surface area contributed by atoms with E-state index in [4.69, 9.17) is 17.0 Å². The highest BCUT2D eigenvalue weighted by Crippen LogP contribution is 2.30. The summed E-state index contributed by atoms with van der Waals surface area (Å²) in [5, 5.41) is 3.17. The monoisotopic (exact) mass is 406 g/mol. The van der Waals surface area contributed by atoms with E-state index < -0.39 is 6.09 Å². The van der Waals surface area contributed by atoms with E-state index in [2.05, 4.69) is 5.32 Å². The van der Waals surface area contributed by atoms with Gasteiger partial charge in [0.05, 0.1) is 29.5 Å². The molecule has 0 spiro atoms. The molecule has 2 saturated heterocycles. The van der Waals surface area contributed by atoms with Crippen LogP contribution in [0.15, 0.2) is 18.2 Å². The lowest BCUT2D eigenvalue weighted by Crippen LogP contribution is -2.46. The summed E-state index contributed by atoms with van der Waals surface area (Å²) in [4.78, 5) is 28.9. The van der Waals surface area contributed by atoms with E-state index in [1.165, 1.54) is 11.0 Å². The molecule has 0 radical (unpaired) electrons. The summed E-state index contributed by atoms with van der Waals surface area (Å²) in [6.45, 7) is 3.13. The lowest BCUT2D eigenvalue weighted by atomic mass is 10.2. The number of cyclic esters (lactones) is 1. The molecular formula is C19H23FN4O3S. The van der Waals surface area contributed by atoms with Gasteiger partial charge in [0.15, 0.2) is 0 Å². The highest BCUT2D eigenvalue weighted by atomic mass is 32.1. The zero-order chi connectivity index (χ0) is 19.7. The van der Waals surface area contributed by atoms with Crippen molar-refractivity contribution in [3.63, 3.8) is 0 Å². The molecule has 1 N–H and O–H groups in total. The molecule has 2 heterocycles. The molecule has 4 rings (SSSR count). The van der Waals surface area contributed by atoms with Crippen LogP contribution in [0.2, 0.25) is 0 Å². The Morgan fingerprint density at radius 1 is 1.29 bits per heavy atom. The maximum Gasteiger partial charge on any atom is 0.414 e. The van der Waals surface area contributed by atoms with E-state index in [0.717, 1.165) is 24.2 Å². The van der Waals surface area contributed by atoms with Gasteiger partial charge in [-0.15, -0.1) is 0 Å². The molecule has 1 aliphatic carbocycles. The number of piperazine rings is 1. The molecule has 1 atom stereocenters. The second-order valence-corrected chi connectivity index (χ2v) is 7.84. The molecule has 3 aliphatic rings. The quantitative estimate of drug-likeness (QED) is 0.574. The number of thiocarbonyl (C=S) groups is 1. The molecule has 7 nitrogen and oxygen atoms in total. The minimum absolute atomic E-state index is 0.316. The van der Waals surface area contributed by atoms with Crippen LogP contribution in [0.25, 0.3) is 0 Å². The van der Waals surface area contributed by atoms with Gasteiger partial charge in [0.1, 0.15) is 11.9 Å². The van der Waals surface area contributed by atoms with Crippen molar-refractivity contribution >= 4 is 41.1 Å². The van der Waals surface area contributed by atoms with Crippen LogP contribution in [0.3, 0.4) is 0 Å². The van der Waals surface area contributed by atoms with Crippen LogP contribution in [0.1, 0.15) is 12.8 Å². The smallest absolute Gasteiger partial charge is 0.414 e. The standard InChI is InChI=1S/C19H23FN4O3S/c20-16-9-14(3-4-17(16)23-7-5-22(12-25)6-8-23)24-11-15(27-19(24)26)10-21-18(28)13-1-2-13/h3-4,9,12-13,15H,1-2,5-8,10-11H2,(H,21,28)/t15-/m0/s1. The number of hydrogen-bond donors (Lipinski definition) is 1. The number of ether oxygens (including phenoxy) is 1. The summed E-state index contributed by atoms with van der Waals surface area (Å²) in [6, 6.07) is 4.78. The Kier molecular flexibility index (Phi) is 5.34. The third kappa shape index (κ3) is 4.04. The van der Waals surface area contributed by atoms with Crippen LogP contribution >= 0.6 is 12.2 Å². The minimum atomic E-state index is -0.476.